The van der Waals surface area contributed by atoms with Crippen molar-refractivity contribution in [3.05, 3.63) is 24.1 Å². The van der Waals surface area contributed by atoms with Crippen LogP contribution in [0.2, 0.25) is 0 Å². The van der Waals surface area contributed by atoms with Crippen molar-refractivity contribution in [2.24, 2.45) is 0 Å². The van der Waals surface area contributed by atoms with Crippen LogP contribution in [0.3, 0.4) is 0 Å². The molecule has 0 spiro atoms. The summed E-state index contributed by atoms with van der Waals surface area (Å²) in [6, 6.07) is 2.66. The van der Waals surface area contributed by atoms with Crippen molar-refractivity contribution in [3.8, 4) is 11.5 Å². The quantitative estimate of drug-likeness (QED) is 0.703. The molecule has 0 unspecified atom stereocenters. The van der Waals surface area contributed by atoms with Gasteiger partial charge < -0.3 is 10.3 Å². The van der Waals surface area contributed by atoms with Gasteiger partial charge in [-0.3, -0.25) is 0 Å². The molecule has 2 aromatic rings. The summed E-state index contributed by atoms with van der Waals surface area (Å²) in [5.74, 6) is -0.169. The Morgan fingerprint density at radius 2 is 2.23 bits per heavy atom. The minimum atomic E-state index is -0.416. The number of halogens is 1. The van der Waals surface area contributed by atoms with Crippen molar-refractivity contribution in [2.75, 3.05) is 5.73 Å². The van der Waals surface area contributed by atoms with Gasteiger partial charge in [0.25, 0.3) is 0 Å². The van der Waals surface area contributed by atoms with Crippen LogP contribution in [0.25, 0.3) is 11.5 Å². The van der Waals surface area contributed by atoms with Gasteiger partial charge in [-0.2, -0.15) is 4.98 Å². The summed E-state index contributed by atoms with van der Waals surface area (Å²) in [6.07, 6.45) is 1.07. The first kappa shape index (κ1) is 7.66. The third kappa shape index (κ3) is 1.46. The van der Waals surface area contributed by atoms with Crippen molar-refractivity contribution >= 4 is 6.01 Å². The van der Waals surface area contributed by atoms with Gasteiger partial charge in [0.1, 0.15) is 11.5 Å². The zero-order valence-electron chi connectivity index (χ0n) is 6.44. The highest BCUT2D eigenvalue weighted by atomic mass is 19.1. The first-order valence-electron chi connectivity index (χ1n) is 3.47. The van der Waals surface area contributed by atoms with E-state index in [2.05, 4.69) is 19.6 Å². The molecule has 2 heterocycles. The second-order valence-electron chi connectivity index (χ2n) is 2.32. The lowest BCUT2D eigenvalue weighted by molar-refractivity contribution is 0.436. The number of pyridine rings is 1. The van der Waals surface area contributed by atoms with Gasteiger partial charge in [-0.15, -0.1) is 0 Å². The molecule has 6 heteroatoms. The van der Waals surface area contributed by atoms with Gasteiger partial charge >= 0.3 is 6.01 Å². The Kier molecular flexibility index (Phi) is 1.66. The van der Waals surface area contributed by atoms with Crippen LogP contribution >= 0.6 is 0 Å². The monoisotopic (exact) mass is 180 g/mol. The molecule has 0 aliphatic heterocycles. The van der Waals surface area contributed by atoms with Gasteiger partial charge in [-0.05, 0) is 12.1 Å². The van der Waals surface area contributed by atoms with Crippen molar-refractivity contribution in [1.29, 1.82) is 0 Å². The van der Waals surface area contributed by atoms with E-state index in [9.17, 15) is 4.39 Å². The highest BCUT2D eigenvalue weighted by molar-refractivity contribution is 5.48. The topological polar surface area (TPSA) is 77.8 Å². The minimum Gasteiger partial charge on any atom is -0.351 e. The molecule has 0 saturated heterocycles. The maximum absolute atomic E-state index is 12.5. The van der Waals surface area contributed by atoms with Crippen LogP contribution in [0.15, 0.2) is 22.9 Å². The molecule has 0 aliphatic carbocycles. The van der Waals surface area contributed by atoms with Gasteiger partial charge in [-0.1, -0.05) is 5.16 Å². The molecular weight excluding hydrogens is 175 g/mol. The Balaban J connectivity index is 2.41. The first-order valence-corrected chi connectivity index (χ1v) is 3.47. The van der Waals surface area contributed by atoms with Crippen LogP contribution in [0.4, 0.5) is 10.4 Å². The predicted molar refractivity (Wildman–Crippen MR) is 41.9 cm³/mol. The fourth-order valence-electron chi connectivity index (χ4n) is 0.847. The number of aromatic nitrogens is 3. The summed E-state index contributed by atoms with van der Waals surface area (Å²) in [5, 5.41) is 3.52. The van der Waals surface area contributed by atoms with E-state index in [4.69, 9.17) is 5.73 Å². The molecule has 13 heavy (non-hydrogen) atoms. The lowest BCUT2D eigenvalue weighted by Gasteiger charge is -1.90. The molecule has 5 nitrogen and oxygen atoms in total. The highest BCUT2D eigenvalue weighted by Gasteiger charge is 2.06. The van der Waals surface area contributed by atoms with E-state index in [0.29, 0.717) is 5.69 Å². The van der Waals surface area contributed by atoms with E-state index >= 15 is 0 Å². The summed E-state index contributed by atoms with van der Waals surface area (Å²) in [4.78, 5) is 7.47. The standard InChI is InChI=1S/C7H5FN4O/c8-4-1-2-5(10-3-4)6-11-7(9)13-12-6/h1-3H,(H2,9,11,12). The van der Waals surface area contributed by atoms with E-state index in [1.807, 2.05) is 0 Å². The van der Waals surface area contributed by atoms with Gasteiger partial charge in [-0.25, -0.2) is 9.37 Å². The van der Waals surface area contributed by atoms with E-state index in [0.717, 1.165) is 6.20 Å². The molecule has 0 fully saturated rings. The summed E-state index contributed by atoms with van der Waals surface area (Å²) in [6.45, 7) is 0. The van der Waals surface area contributed by atoms with Crippen LogP contribution < -0.4 is 5.73 Å². The third-order valence-electron chi connectivity index (χ3n) is 1.40. The van der Waals surface area contributed by atoms with Crippen molar-refractivity contribution in [2.45, 2.75) is 0 Å². The lowest BCUT2D eigenvalue weighted by Crippen LogP contribution is -1.87. The van der Waals surface area contributed by atoms with Crippen molar-refractivity contribution in [3.63, 3.8) is 0 Å². The van der Waals surface area contributed by atoms with Gasteiger partial charge in [0.15, 0.2) is 0 Å². The lowest BCUT2D eigenvalue weighted by atomic mass is 10.3. The number of anilines is 1. The number of nitrogens with two attached hydrogens (primary N) is 1. The number of hydrogen-bond acceptors (Lipinski definition) is 5. The average molecular weight is 180 g/mol. The Morgan fingerprint density at radius 1 is 1.38 bits per heavy atom. The largest absolute Gasteiger partial charge is 0.351 e. The van der Waals surface area contributed by atoms with Gasteiger partial charge in [0, 0.05) is 0 Å². The Bertz CT molecular complexity index is 411. The molecule has 0 bridgehead atoms. The number of hydrogen-bond donors (Lipinski definition) is 1. The second-order valence-corrected chi connectivity index (χ2v) is 2.32. The molecule has 66 valence electrons. The molecule has 0 aromatic carbocycles. The van der Waals surface area contributed by atoms with E-state index in [-0.39, 0.29) is 11.8 Å². The smallest absolute Gasteiger partial charge is 0.319 e. The van der Waals surface area contributed by atoms with E-state index in [1.54, 1.807) is 0 Å². The predicted octanol–water partition coefficient (Wildman–Crippen LogP) is 0.853. The van der Waals surface area contributed by atoms with Crippen LogP contribution in [0.1, 0.15) is 0 Å². The Hall–Kier alpha value is -1.98. The molecule has 2 aromatic heterocycles. The molecule has 2 N–H and O–H groups in total. The molecule has 0 amide bonds. The number of rotatable bonds is 1. The molecular formula is C7H5FN4O. The fraction of sp³-hybridized carbons (Fsp3) is 0. The van der Waals surface area contributed by atoms with Crippen LogP contribution in [0.5, 0.6) is 0 Å². The maximum Gasteiger partial charge on any atom is 0.319 e. The minimum absolute atomic E-state index is 0.0406. The summed E-state index contributed by atoms with van der Waals surface area (Å²) in [7, 11) is 0. The van der Waals surface area contributed by atoms with Crippen LogP contribution in [-0.2, 0) is 0 Å². The fourth-order valence-corrected chi connectivity index (χ4v) is 0.847. The maximum atomic E-state index is 12.5. The zero-order chi connectivity index (χ0) is 9.26. The van der Waals surface area contributed by atoms with Gasteiger partial charge in [0.05, 0.1) is 6.20 Å². The van der Waals surface area contributed by atoms with Crippen molar-refractivity contribution in [1.82, 2.24) is 15.1 Å². The number of nitrogen functional groups attached to an aromatic ring is 1. The first-order chi connectivity index (χ1) is 6.25. The summed E-state index contributed by atoms with van der Waals surface area (Å²) < 4.78 is 17.0. The summed E-state index contributed by atoms with van der Waals surface area (Å²) in [5.41, 5.74) is 5.62. The third-order valence-corrected chi connectivity index (χ3v) is 1.40. The second kappa shape index (κ2) is 2.81. The zero-order valence-corrected chi connectivity index (χ0v) is 6.44. The average Bonchev–Trinajstić information content (AvgIpc) is 2.53. The van der Waals surface area contributed by atoms with Crippen molar-refractivity contribution < 1.29 is 8.91 Å². The Labute approximate surface area is 72.4 Å². The normalized spacial score (nSPS) is 10.2. The Morgan fingerprint density at radius 3 is 2.77 bits per heavy atom. The number of nitrogens with zero attached hydrogens (tertiary/aromatic N) is 3. The molecule has 0 aliphatic rings. The van der Waals surface area contributed by atoms with Crippen LogP contribution in [-0.4, -0.2) is 15.1 Å². The molecule has 0 saturated carbocycles. The summed E-state index contributed by atoms with van der Waals surface area (Å²) >= 11 is 0. The highest BCUT2D eigenvalue weighted by Crippen LogP contribution is 2.13. The SMILES string of the molecule is Nc1nc(-c2ccc(F)cn2)no1. The van der Waals surface area contributed by atoms with E-state index < -0.39 is 5.82 Å². The van der Waals surface area contributed by atoms with E-state index in [1.165, 1.54) is 12.1 Å². The molecule has 0 atom stereocenters. The molecule has 0 radical (unpaired) electrons. The van der Waals surface area contributed by atoms with Gasteiger partial charge in [0.2, 0.25) is 5.82 Å². The van der Waals surface area contributed by atoms with Crippen LogP contribution in [0, 0.1) is 5.82 Å². The molecule has 2 rings (SSSR count).